The van der Waals surface area contributed by atoms with Crippen LogP contribution in [0.15, 0.2) is 48.5 Å². The number of rotatable bonds is 7. The molecule has 0 aliphatic carbocycles. The van der Waals surface area contributed by atoms with E-state index in [1.165, 1.54) is 0 Å². The number of ether oxygens (including phenoxy) is 3. The highest BCUT2D eigenvalue weighted by Crippen LogP contribution is 2.45. The molecule has 0 N–H and O–H groups in total. The molecule has 1 aliphatic rings. The molecule has 9 nitrogen and oxygen atoms in total. The number of carbonyl (C=O) groups excluding carboxylic acids is 2. The minimum Gasteiger partial charge on any atom is -0.464 e. The Morgan fingerprint density at radius 3 is 2.38 bits per heavy atom. The molecule has 1 fully saturated rings. The lowest BCUT2D eigenvalue weighted by Gasteiger charge is -2.29. The van der Waals surface area contributed by atoms with Gasteiger partial charge in [-0.1, -0.05) is 23.7 Å². The average Bonchev–Trinajstić information content (AvgIpc) is 3.76. The third-order valence-corrected chi connectivity index (χ3v) is 10.0. The fourth-order valence-corrected chi connectivity index (χ4v) is 7.82. The molecule has 6 rings (SSSR count). The summed E-state index contributed by atoms with van der Waals surface area (Å²) in [7, 11) is 1.95. The maximum absolute atomic E-state index is 13.5. The van der Waals surface area contributed by atoms with Crippen molar-refractivity contribution in [3.05, 3.63) is 70.4 Å². The van der Waals surface area contributed by atoms with Crippen molar-refractivity contribution in [2.75, 3.05) is 19.7 Å². The summed E-state index contributed by atoms with van der Waals surface area (Å²) in [6.45, 7) is 16.6. The Morgan fingerprint density at radius 1 is 1.02 bits per heavy atom. The highest BCUT2D eigenvalue weighted by atomic mass is 35.5. The van der Waals surface area contributed by atoms with Gasteiger partial charge in [-0.05, 0) is 109 Å². The Bertz CT molecular complexity index is 2070. The fraction of sp³-hybridized carbons (Fsp3) is 0.436. The maximum atomic E-state index is 13.5. The van der Waals surface area contributed by atoms with Gasteiger partial charge in [0.2, 0.25) is 0 Å². The largest absolute Gasteiger partial charge is 0.464 e. The molecule has 264 valence electrons. The molecule has 0 spiro atoms. The molecule has 1 saturated heterocycles. The van der Waals surface area contributed by atoms with Crippen LogP contribution >= 0.6 is 22.9 Å². The van der Waals surface area contributed by atoms with Crippen molar-refractivity contribution in [1.29, 1.82) is 0 Å². The zero-order valence-electron chi connectivity index (χ0n) is 30.2. The van der Waals surface area contributed by atoms with Gasteiger partial charge in [0.1, 0.15) is 10.6 Å². The van der Waals surface area contributed by atoms with Gasteiger partial charge in [0.25, 0.3) is 0 Å². The van der Waals surface area contributed by atoms with Gasteiger partial charge in [-0.2, -0.15) is 5.10 Å². The molecule has 0 radical (unpaired) electrons. The third-order valence-electron chi connectivity index (χ3n) is 8.65. The molecule has 3 aromatic carbocycles. The average molecular weight is 717 g/mol. The predicted molar refractivity (Wildman–Crippen MR) is 200 cm³/mol. The van der Waals surface area contributed by atoms with E-state index in [1.807, 2.05) is 90.5 Å². The Labute approximate surface area is 302 Å². The van der Waals surface area contributed by atoms with Gasteiger partial charge in [-0.15, -0.1) is 11.3 Å². The van der Waals surface area contributed by atoms with Crippen LogP contribution in [0.3, 0.4) is 0 Å². The van der Waals surface area contributed by atoms with Crippen LogP contribution in [0.25, 0.3) is 42.8 Å². The maximum Gasteiger partial charge on any atom is 0.410 e. The molecular formula is C39H45ClN4O5S. The quantitative estimate of drug-likeness (QED) is 0.155. The monoisotopic (exact) mass is 716 g/mol. The fourth-order valence-electron chi connectivity index (χ4n) is 6.58. The number of esters is 1. The number of aryl methyl sites for hydroxylation is 2. The predicted octanol–water partition coefficient (Wildman–Crippen LogP) is 9.62. The number of nitrogens with zero attached hydrogens (tertiary/aromatic N) is 4. The molecule has 2 aromatic heterocycles. The Kier molecular flexibility index (Phi) is 9.76. The van der Waals surface area contributed by atoms with E-state index in [0.29, 0.717) is 18.1 Å². The molecule has 1 amide bonds. The van der Waals surface area contributed by atoms with E-state index in [4.69, 9.17) is 35.9 Å². The van der Waals surface area contributed by atoms with Crippen molar-refractivity contribution in [3.8, 4) is 21.7 Å². The summed E-state index contributed by atoms with van der Waals surface area (Å²) in [4.78, 5) is 33.3. The number of hydrogen-bond donors (Lipinski definition) is 0. The van der Waals surface area contributed by atoms with Crippen molar-refractivity contribution in [3.63, 3.8) is 0 Å². The molecule has 0 saturated carbocycles. The van der Waals surface area contributed by atoms with Crippen LogP contribution in [-0.2, 0) is 26.1 Å². The van der Waals surface area contributed by atoms with E-state index >= 15 is 0 Å². The molecule has 5 aromatic rings. The molecule has 1 aliphatic heterocycles. The SMILES string of the molecule is CCOC(=O)[C@@H](OC(C)(C)C)c1c(C)cc2nc(-c3ccc4c(c3)c([C@@H]3CCN(C(=O)OC(C)(C)C)C3)nn4C)sc2c1-c1ccc(Cl)cc1. The molecule has 2 atom stereocenters. The Morgan fingerprint density at radius 2 is 1.72 bits per heavy atom. The number of hydrogen-bond acceptors (Lipinski definition) is 8. The molecule has 50 heavy (non-hydrogen) atoms. The number of thiazole rings is 1. The summed E-state index contributed by atoms with van der Waals surface area (Å²) < 4.78 is 20.5. The van der Waals surface area contributed by atoms with Crippen LogP contribution in [-0.4, -0.2) is 62.6 Å². The molecular weight excluding hydrogens is 672 g/mol. The minimum absolute atomic E-state index is 0.0844. The zero-order chi connectivity index (χ0) is 36.1. The van der Waals surface area contributed by atoms with E-state index in [2.05, 4.69) is 18.2 Å². The van der Waals surface area contributed by atoms with Crippen molar-refractivity contribution in [2.45, 2.75) is 85.0 Å². The lowest BCUT2D eigenvalue weighted by Crippen LogP contribution is -2.35. The molecule has 11 heteroatoms. The number of likely N-dealkylation sites (tertiary alicyclic amines) is 1. The zero-order valence-corrected chi connectivity index (χ0v) is 31.8. The van der Waals surface area contributed by atoms with E-state index < -0.39 is 23.3 Å². The summed E-state index contributed by atoms with van der Waals surface area (Å²) in [5, 5.41) is 7.43. The van der Waals surface area contributed by atoms with Gasteiger partial charge >= 0.3 is 12.1 Å². The van der Waals surface area contributed by atoms with Gasteiger partial charge in [0, 0.05) is 53.2 Å². The van der Waals surface area contributed by atoms with Crippen LogP contribution in [0.2, 0.25) is 5.02 Å². The van der Waals surface area contributed by atoms with Gasteiger partial charge in [0.05, 0.1) is 33.6 Å². The van der Waals surface area contributed by atoms with Crippen LogP contribution in [0.1, 0.15) is 83.7 Å². The first-order valence-electron chi connectivity index (χ1n) is 17.0. The lowest BCUT2D eigenvalue weighted by molar-refractivity contribution is -0.166. The number of carbonyl (C=O) groups is 2. The minimum atomic E-state index is -0.948. The summed E-state index contributed by atoms with van der Waals surface area (Å²) in [6.07, 6.45) is -0.433. The van der Waals surface area contributed by atoms with Crippen LogP contribution in [0.4, 0.5) is 4.79 Å². The van der Waals surface area contributed by atoms with Crippen LogP contribution in [0.5, 0.6) is 0 Å². The second-order valence-electron chi connectivity index (χ2n) is 14.9. The van der Waals surface area contributed by atoms with Gasteiger partial charge in [-0.3, -0.25) is 4.68 Å². The van der Waals surface area contributed by atoms with Crippen molar-refractivity contribution in [2.24, 2.45) is 7.05 Å². The number of halogens is 1. The first kappa shape index (κ1) is 35.8. The van der Waals surface area contributed by atoms with Crippen molar-refractivity contribution in [1.82, 2.24) is 19.7 Å². The van der Waals surface area contributed by atoms with Crippen LogP contribution < -0.4 is 0 Å². The van der Waals surface area contributed by atoms with Gasteiger partial charge in [-0.25, -0.2) is 14.6 Å². The highest BCUT2D eigenvalue weighted by Gasteiger charge is 2.35. The number of benzene rings is 3. The summed E-state index contributed by atoms with van der Waals surface area (Å²) in [5.41, 5.74) is 6.01. The van der Waals surface area contributed by atoms with E-state index in [9.17, 15) is 9.59 Å². The van der Waals surface area contributed by atoms with E-state index in [-0.39, 0.29) is 18.6 Å². The third kappa shape index (κ3) is 7.38. The topological polar surface area (TPSA) is 95.8 Å². The summed E-state index contributed by atoms with van der Waals surface area (Å²) in [6, 6.07) is 16.0. The lowest BCUT2D eigenvalue weighted by atomic mass is 9.91. The van der Waals surface area contributed by atoms with Crippen LogP contribution in [0, 0.1) is 6.92 Å². The van der Waals surface area contributed by atoms with Crippen molar-refractivity contribution < 1.29 is 23.8 Å². The number of fused-ring (bicyclic) bond motifs is 2. The second kappa shape index (κ2) is 13.6. The normalized spacial score (nSPS) is 16.0. The second-order valence-corrected chi connectivity index (χ2v) is 16.3. The smallest absolute Gasteiger partial charge is 0.410 e. The Balaban J connectivity index is 1.46. The molecule has 0 bridgehead atoms. The Hall–Kier alpha value is -3.99. The highest BCUT2D eigenvalue weighted by molar-refractivity contribution is 7.22. The molecule has 0 unspecified atom stereocenters. The van der Waals surface area contributed by atoms with Gasteiger partial charge < -0.3 is 19.1 Å². The standard InChI is InChI=1S/C39H45ClN4O5S/c1-10-47-36(45)33(48-38(3,4)5)30-22(2)19-28-34(31(30)23-11-14-26(40)15-12-23)50-35(41-28)24-13-16-29-27(20-24)32(42-43(29)9)25-17-18-44(21-25)37(46)49-39(6,7)8/h11-16,19-20,25,33H,10,17-18,21H2,1-9H3/t25-,33+/m1/s1. The van der Waals surface area contributed by atoms with Gasteiger partial charge in [0.15, 0.2) is 6.10 Å². The first-order chi connectivity index (χ1) is 23.5. The van der Waals surface area contributed by atoms with E-state index in [1.54, 1.807) is 23.2 Å². The first-order valence-corrected chi connectivity index (χ1v) is 18.2. The van der Waals surface area contributed by atoms with E-state index in [0.717, 1.165) is 66.1 Å². The van der Waals surface area contributed by atoms with Crippen molar-refractivity contribution >= 4 is 56.1 Å². The molecule has 3 heterocycles. The number of aromatic nitrogens is 3. The summed E-state index contributed by atoms with van der Waals surface area (Å²) in [5.74, 6) is -0.349. The number of amides is 1. The summed E-state index contributed by atoms with van der Waals surface area (Å²) >= 11 is 7.90.